The molecule has 6 nitrogen and oxygen atoms in total. The van der Waals surface area contributed by atoms with Gasteiger partial charge in [0, 0.05) is 12.2 Å². The smallest absolute Gasteiger partial charge is 0.407 e. The molecule has 0 saturated carbocycles. The van der Waals surface area contributed by atoms with E-state index >= 15 is 0 Å². The summed E-state index contributed by atoms with van der Waals surface area (Å²) in [6.45, 7) is -0.339. The fourth-order valence-corrected chi connectivity index (χ4v) is 4.23. The van der Waals surface area contributed by atoms with Crippen LogP contribution in [0.15, 0.2) is 48.5 Å². The lowest BCUT2D eigenvalue weighted by atomic mass is 9.98. The maximum Gasteiger partial charge on any atom is 0.407 e. The van der Waals surface area contributed by atoms with Gasteiger partial charge in [-0.3, -0.25) is 0 Å². The van der Waals surface area contributed by atoms with Crippen LogP contribution in [-0.4, -0.2) is 50.9 Å². The van der Waals surface area contributed by atoms with Crippen LogP contribution in [0, 0.1) is 0 Å². The number of aliphatic hydroxyl groups is 1. The molecule has 0 heterocycles. The molecule has 2 aromatic carbocycles. The highest BCUT2D eigenvalue weighted by Crippen LogP contribution is 2.44. The van der Waals surface area contributed by atoms with Gasteiger partial charge in [0.15, 0.2) is 0 Å². The van der Waals surface area contributed by atoms with Crippen molar-refractivity contribution in [3.8, 4) is 11.1 Å². The summed E-state index contributed by atoms with van der Waals surface area (Å²) >= 11 is 0. The molecule has 0 bridgehead atoms. The molecule has 3 rings (SSSR count). The lowest BCUT2D eigenvalue weighted by Crippen LogP contribution is -2.42. The predicted octanol–water partition coefficient (Wildman–Crippen LogP) is 1.93. The number of fused-ring (bicyclic) bond motifs is 3. The first-order valence-corrected chi connectivity index (χ1v) is 10.3. The summed E-state index contributed by atoms with van der Waals surface area (Å²) in [6, 6.07) is 15.1. The molecule has 1 aliphatic rings. The Morgan fingerprint density at radius 3 is 2.15 bits per heavy atom. The van der Waals surface area contributed by atoms with Gasteiger partial charge in [0.05, 0.1) is 18.4 Å². The Labute approximate surface area is 152 Å². The molecular formula is C19H21NO5S. The fourth-order valence-electron chi connectivity index (χ4n) is 3.31. The van der Waals surface area contributed by atoms with Crippen LogP contribution in [0.2, 0.25) is 0 Å². The number of carbonyl (C=O) groups excluding carboxylic acids is 1. The lowest BCUT2D eigenvalue weighted by Gasteiger charge is -2.18. The van der Waals surface area contributed by atoms with E-state index in [-0.39, 0.29) is 18.3 Å². The maximum atomic E-state index is 12.0. The maximum absolute atomic E-state index is 12.0. The second kappa shape index (κ2) is 7.47. The van der Waals surface area contributed by atoms with Gasteiger partial charge < -0.3 is 15.2 Å². The van der Waals surface area contributed by atoms with Crippen molar-refractivity contribution >= 4 is 15.9 Å². The van der Waals surface area contributed by atoms with E-state index < -0.39 is 28.6 Å². The van der Waals surface area contributed by atoms with E-state index in [1.165, 1.54) is 0 Å². The average Bonchev–Trinajstić information content (AvgIpc) is 2.92. The number of ether oxygens (including phenoxy) is 1. The number of hydrogen-bond donors (Lipinski definition) is 2. The van der Waals surface area contributed by atoms with Crippen LogP contribution < -0.4 is 5.32 Å². The summed E-state index contributed by atoms with van der Waals surface area (Å²) in [7, 11) is -3.32. The number of alkyl carbamates (subject to hydrolysis) is 1. The molecule has 0 radical (unpaired) electrons. The van der Waals surface area contributed by atoms with Gasteiger partial charge in [-0.25, -0.2) is 13.2 Å². The van der Waals surface area contributed by atoms with Gasteiger partial charge in [0.2, 0.25) is 0 Å². The Balaban J connectivity index is 1.69. The zero-order chi connectivity index (χ0) is 18.7. The lowest BCUT2D eigenvalue weighted by molar-refractivity contribution is 0.134. The second-order valence-corrected chi connectivity index (χ2v) is 8.63. The first kappa shape index (κ1) is 18.4. The highest BCUT2D eigenvalue weighted by atomic mass is 32.2. The average molecular weight is 375 g/mol. The summed E-state index contributed by atoms with van der Waals surface area (Å²) in [5, 5.41) is 11.6. The topological polar surface area (TPSA) is 92.7 Å². The number of sulfone groups is 1. The van der Waals surface area contributed by atoms with Gasteiger partial charge in [-0.1, -0.05) is 48.5 Å². The molecule has 0 unspecified atom stereocenters. The molecule has 0 aliphatic heterocycles. The molecule has 138 valence electrons. The minimum absolute atomic E-state index is 0.0735. The fraction of sp³-hybridized carbons (Fsp3) is 0.316. The molecule has 2 N–H and O–H groups in total. The zero-order valence-corrected chi connectivity index (χ0v) is 15.2. The minimum atomic E-state index is -3.32. The Kier molecular flexibility index (Phi) is 5.29. The van der Waals surface area contributed by atoms with Gasteiger partial charge in [-0.05, 0) is 22.3 Å². The molecule has 2 aromatic rings. The summed E-state index contributed by atoms with van der Waals surface area (Å²) in [4.78, 5) is 12.0. The highest BCUT2D eigenvalue weighted by molar-refractivity contribution is 7.90. The number of nitrogens with one attached hydrogen (secondary N) is 1. The van der Waals surface area contributed by atoms with Gasteiger partial charge in [-0.2, -0.15) is 0 Å². The van der Waals surface area contributed by atoms with Crippen LogP contribution in [-0.2, 0) is 14.6 Å². The molecule has 1 amide bonds. The van der Waals surface area contributed by atoms with E-state index in [1.54, 1.807) is 0 Å². The predicted molar refractivity (Wildman–Crippen MR) is 98.8 cm³/mol. The molecule has 1 aliphatic carbocycles. The molecule has 0 spiro atoms. The van der Waals surface area contributed by atoms with E-state index in [2.05, 4.69) is 5.32 Å². The van der Waals surface area contributed by atoms with Crippen molar-refractivity contribution in [2.75, 3.05) is 25.2 Å². The Morgan fingerprint density at radius 2 is 1.65 bits per heavy atom. The molecule has 0 fully saturated rings. The minimum Gasteiger partial charge on any atom is -0.449 e. The van der Waals surface area contributed by atoms with Crippen molar-refractivity contribution in [3.05, 3.63) is 59.7 Å². The van der Waals surface area contributed by atoms with Crippen LogP contribution in [0.5, 0.6) is 0 Å². The van der Waals surface area contributed by atoms with E-state index in [0.717, 1.165) is 28.5 Å². The quantitative estimate of drug-likeness (QED) is 0.805. The van der Waals surface area contributed by atoms with Crippen LogP contribution in [0.25, 0.3) is 11.1 Å². The third kappa shape index (κ3) is 4.05. The summed E-state index contributed by atoms with van der Waals surface area (Å²) in [5.74, 6) is -0.413. The first-order valence-electron chi connectivity index (χ1n) is 8.29. The summed E-state index contributed by atoms with van der Waals surface area (Å²) < 4.78 is 28.0. The van der Waals surface area contributed by atoms with Crippen molar-refractivity contribution in [2.45, 2.75) is 12.0 Å². The Hall–Kier alpha value is -2.38. The van der Waals surface area contributed by atoms with Crippen LogP contribution in [0.3, 0.4) is 0 Å². The van der Waals surface area contributed by atoms with Gasteiger partial charge in [0.25, 0.3) is 0 Å². The van der Waals surface area contributed by atoms with Gasteiger partial charge in [-0.15, -0.1) is 0 Å². The molecule has 0 aromatic heterocycles. The zero-order valence-electron chi connectivity index (χ0n) is 14.4. The van der Waals surface area contributed by atoms with E-state index in [1.807, 2.05) is 48.5 Å². The largest absolute Gasteiger partial charge is 0.449 e. The van der Waals surface area contributed by atoms with E-state index in [4.69, 9.17) is 4.74 Å². The third-order valence-corrected chi connectivity index (χ3v) is 5.40. The van der Waals surface area contributed by atoms with Crippen molar-refractivity contribution < 1.29 is 23.1 Å². The van der Waals surface area contributed by atoms with Gasteiger partial charge >= 0.3 is 6.09 Å². The van der Waals surface area contributed by atoms with E-state index in [9.17, 15) is 18.3 Å². The summed E-state index contributed by atoms with van der Waals surface area (Å²) in [6.07, 6.45) is 0.310. The van der Waals surface area contributed by atoms with Crippen molar-refractivity contribution in [3.63, 3.8) is 0 Å². The van der Waals surface area contributed by atoms with Crippen molar-refractivity contribution in [1.82, 2.24) is 5.32 Å². The molecular weight excluding hydrogens is 354 g/mol. The first-order chi connectivity index (χ1) is 12.4. The highest BCUT2D eigenvalue weighted by Gasteiger charge is 2.29. The van der Waals surface area contributed by atoms with Crippen molar-refractivity contribution in [1.29, 1.82) is 0 Å². The number of hydrogen-bond acceptors (Lipinski definition) is 5. The molecule has 1 atom stereocenters. The normalized spacial score (nSPS) is 14.4. The molecule has 26 heavy (non-hydrogen) atoms. The van der Waals surface area contributed by atoms with Crippen molar-refractivity contribution in [2.24, 2.45) is 0 Å². The Morgan fingerprint density at radius 1 is 1.12 bits per heavy atom. The number of rotatable bonds is 6. The Bertz CT molecular complexity index is 864. The van der Waals surface area contributed by atoms with Gasteiger partial charge in [0.1, 0.15) is 16.4 Å². The van der Waals surface area contributed by atoms with Crippen LogP contribution in [0.1, 0.15) is 17.0 Å². The number of amides is 1. The SMILES string of the molecule is CS(=O)(=O)C[C@@H](CO)NC(=O)OCC1c2ccccc2-c2ccccc21. The number of aliphatic hydroxyl groups excluding tert-OH is 1. The number of carbonyl (C=O) groups is 1. The summed E-state index contributed by atoms with van der Waals surface area (Å²) in [5.41, 5.74) is 4.44. The standard InChI is InChI=1S/C19H21NO5S/c1-26(23,24)12-13(10-21)20-19(22)25-11-18-16-8-4-2-6-14(16)15-7-3-5-9-17(15)18/h2-9,13,18,21H,10-12H2,1H3,(H,20,22)/t13-/m1/s1. The third-order valence-electron chi connectivity index (χ3n) is 4.39. The second-order valence-electron chi connectivity index (χ2n) is 6.44. The van der Waals surface area contributed by atoms with Crippen LogP contribution >= 0.6 is 0 Å². The number of benzene rings is 2. The van der Waals surface area contributed by atoms with E-state index in [0.29, 0.717) is 0 Å². The monoisotopic (exact) mass is 375 g/mol. The molecule has 0 saturated heterocycles. The van der Waals surface area contributed by atoms with Crippen LogP contribution in [0.4, 0.5) is 4.79 Å². The molecule has 7 heteroatoms.